The molecule has 1 aromatic carbocycles. The van der Waals surface area contributed by atoms with Gasteiger partial charge in [-0.25, -0.2) is 15.0 Å². The molecule has 0 spiro atoms. The highest BCUT2D eigenvalue weighted by molar-refractivity contribution is 5.44. The third kappa shape index (κ3) is 4.42. The summed E-state index contributed by atoms with van der Waals surface area (Å²) in [5.74, 6) is 3.58. The van der Waals surface area contributed by atoms with E-state index < -0.39 is 0 Å². The van der Waals surface area contributed by atoms with Crippen molar-refractivity contribution < 1.29 is 9.47 Å². The molecule has 1 fully saturated rings. The van der Waals surface area contributed by atoms with Crippen LogP contribution in [0.2, 0.25) is 0 Å². The van der Waals surface area contributed by atoms with Crippen molar-refractivity contribution in [3.8, 4) is 17.4 Å². The molecule has 0 saturated heterocycles. The molecule has 3 aromatic rings. The molecule has 7 nitrogen and oxygen atoms in total. The molecule has 0 N–H and O–H groups in total. The van der Waals surface area contributed by atoms with Crippen molar-refractivity contribution in [2.24, 2.45) is 5.92 Å². The number of hydrogen-bond acceptors (Lipinski definition) is 6. The summed E-state index contributed by atoms with van der Waals surface area (Å²) in [7, 11) is 2.19. The van der Waals surface area contributed by atoms with E-state index in [1.54, 1.807) is 12.5 Å². The third-order valence-electron chi connectivity index (χ3n) is 6.41. The molecule has 2 aromatic heterocycles. The van der Waals surface area contributed by atoms with Crippen molar-refractivity contribution in [2.45, 2.75) is 45.1 Å². The molecule has 1 aliphatic carbocycles. The Morgan fingerprint density at radius 3 is 2.90 bits per heavy atom. The lowest BCUT2D eigenvalue weighted by Gasteiger charge is -2.23. The summed E-state index contributed by atoms with van der Waals surface area (Å²) in [4.78, 5) is 16.0. The Balaban J connectivity index is 1.23. The molecule has 0 amide bonds. The van der Waals surface area contributed by atoms with E-state index in [1.807, 2.05) is 16.8 Å². The second kappa shape index (κ2) is 8.67. The lowest BCUT2D eigenvalue weighted by Crippen LogP contribution is -2.22. The van der Waals surface area contributed by atoms with Crippen molar-refractivity contribution in [1.82, 2.24) is 24.4 Å². The van der Waals surface area contributed by atoms with Crippen LogP contribution in [0.4, 0.5) is 0 Å². The number of hydrogen-bond donors (Lipinski definition) is 0. The minimum absolute atomic E-state index is 0.322. The van der Waals surface area contributed by atoms with Crippen molar-refractivity contribution in [2.75, 3.05) is 20.4 Å². The van der Waals surface area contributed by atoms with Gasteiger partial charge in [-0.2, -0.15) is 0 Å². The van der Waals surface area contributed by atoms with Gasteiger partial charge in [0.25, 0.3) is 0 Å². The van der Waals surface area contributed by atoms with Gasteiger partial charge in [0.1, 0.15) is 6.33 Å². The number of fused-ring (bicyclic) bond motifs is 1. The Kier molecular flexibility index (Phi) is 5.59. The number of imidazole rings is 1. The summed E-state index contributed by atoms with van der Waals surface area (Å²) in [6.07, 6.45) is 10.3. The van der Waals surface area contributed by atoms with Crippen molar-refractivity contribution in [3.05, 3.63) is 59.9 Å². The van der Waals surface area contributed by atoms with E-state index in [2.05, 4.69) is 47.0 Å². The maximum Gasteiger partial charge on any atom is 0.235 e. The van der Waals surface area contributed by atoms with Gasteiger partial charge < -0.3 is 14.4 Å². The van der Waals surface area contributed by atoms with Crippen LogP contribution in [0.1, 0.15) is 48.6 Å². The molecule has 31 heavy (non-hydrogen) atoms. The number of ether oxygens (including phenoxy) is 2. The smallest absolute Gasteiger partial charge is 0.235 e. The first kappa shape index (κ1) is 20.0. The van der Waals surface area contributed by atoms with E-state index in [4.69, 9.17) is 14.5 Å². The van der Waals surface area contributed by atoms with Crippen LogP contribution in [0, 0.1) is 12.8 Å². The number of benzene rings is 1. The van der Waals surface area contributed by atoms with Gasteiger partial charge in [0.05, 0.1) is 0 Å². The zero-order valence-electron chi connectivity index (χ0n) is 18.2. The minimum Gasteiger partial charge on any atom is -0.454 e. The monoisotopic (exact) mass is 419 g/mol. The molecule has 7 heteroatoms. The fraction of sp³-hybridized carbons (Fsp3) is 0.458. The van der Waals surface area contributed by atoms with Crippen molar-refractivity contribution in [3.63, 3.8) is 0 Å². The molecule has 2 aliphatic rings. The van der Waals surface area contributed by atoms with Gasteiger partial charge in [-0.15, -0.1) is 0 Å². The predicted octanol–water partition coefficient (Wildman–Crippen LogP) is 4.11. The van der Waals surface area contributed by atoms with E-state index in [-0.39, 0.29) is 0 Å². The average molecular weight is 420 g/mol. The quantitative estimate of drug-likeness (QED) is 0.574. The minimum atomic E-state index is 0.322. The standard InChI is InChI=1S/C24H29N5O2/c1-17-12-21(27-24(26-17)29-11-9-25-15-29)20-5-3-4-19(20)8-10-28(2)14-18-6-7-22-23(13-18)31-16-30-22/h6-7,9,11-13,15,19-20H,3-5,8,10,14,16H2,1-2H3. The fourth-order valence-corrected chi connectivity index (χ4v) is 4.85. The van der Waals surface area contributed by atoms with Crippen LogP contribution in [0.3, 0.4) is 0 Å². The molecular weight excluding hydrogens is 390 g/mol. The molecule has 0 bridgehead atoms. The van der Waals surface area contributed by atoms with Gasteiger partial charge in [0.2, 0.25) is 12.7 Å². The Labute approximate surface area is 183 Å². The second-order valence-electron chi connectivity index (χ2n) is 8.72. The largest absolute Gasteiger partial charge is 0.454 e. The maximum absolute atomic E-state index is 5.51. The van der Waals surface area contributed by atoms with Gasteiger partial charge in [0.15, 0.2) is 11.5 Å². The molecule has 3 heterocycles. The van der Waals surface area contributed by atoms with Crippen LogP contribution in [-0.2, 0) is 6.54 Å². The Morgan fingerprint density at radius 2 is 2.03 bits per heavy atom. The van der Waals surface area contributed by atoms with E-state index in [1.165, 1.54) is 36.9 Å². The molecule has 1 aliphatic heterocycles. The second-order valence-corrected chi connectivity index (χ2v) is 8.72. The van der Waals surface area contributed by atoms with Crippen LogP contribution in [0.5, 0.6) is 11.5 Å². The molecule has 2 atom stereocenters. The Morgan fingerprint density at radius 1 is 1.13 bits per heavy atom. The van der Waals surface area contributed by atoms with Crippen LogP contribution in [-0.4, -0.2) is 44.8 Å². The SMILES string of the molecule is Cc1cc(C2CCCC2CCN(C)Cc2ccc3c(c2)OCO3)nc(-n2ccnc2)n1. The van der Waals surface area contributed by atoms with E-state index in [0.29, 0.717) is 18.6 Å². The topological polar surface area (TPSA) is 65.3 Å². The van der Waals surface area contributed by atoms with Gasteiger partial charge in [-0.05, 0) is 69.5 Å². The predicted molar refractivity (Wildman–Crippen MR) is 117 cm³/mol. The lowest BCUT2D eigenvalue weighted by molar-refractivity contribution is 0.174. The normalized spacial score (nSPS) is 20.0. The first-order chi connectivity index (χ1) is 15.2. The fourth-order valence-electron chi connectivity index (χ4n) is 4.85. The summed E-state index contributed by atoms with van der Waals surface area (Å²) >= 11 is 0. The van der Waals surface area contributed by atoms with Crippen LogP contribution < -0.4 is 9.47 Å². The third-order valence-corrected chi connectivity index (χ3v) is 6.41. The summed E-state index contributed by atoms with van der Waals surface area (Å²) in [6, 6.07) is 8.40. The van der Waals surface area contributed by atoms with Crippen molar-refractivity contribution >= 4 is 0 Å². The van der Waals surface area contributed by atoms with Gasteiger partial charge in [-0.1, -0.05) is 12.5 Å². The first-order valence-electron chi connectivity index (χ1n) is 11.1. The van der Waals surface area contributed by atoms with Gasteiger partial charge >= 0.3 is 0 Å². The first-order valence-corrected chi connectivity index (χ1v) is 11.1. The highest BCUT2D eigenvalue weighted by Crippen LogP contribution is 2.41. The zero-order chi connectivity index (χ0) is 21.2. The highest BCUT2D eigenvalue weighted by atomic mass is 16.7. The summed E-state index contributed by atoms with van der Waals surface area (Å²) in [5.41, 5.74) is 3.45. The summed E-state index contributed by atoms with van der Waals surface area (Å²) in [6.45, 7) is 4.34. The Bertz CT molecular complexity index is 1040. The molecule has 1 saturated carbocycles. The molecule has 2 unspecified atom stereocenters. The number of rotatable bonds is 7. The van der Waals surface area contributed by atoms with Gasteiger partial charge in [0, 0.05) is 36.2 Å². The summed E-state index contributed by atoms with van der Waals surface area (Å²) < 4.78 is 12.8. The van der Waals surface area contributed by atoms with E-state index >= 15 is 0 Å². The van der Waals surface area contributed by atoms with Crippen molar-refractivity contribution in [1.29, 1.82) is 0 Å². The van der Waals surface area contributed by atoms with Crippen LogP contribution in [0.15, 0.2) is 43.0 Å². The Hall–Kier alpha value is -2.93. The molecule has 5 rings (SSSR count). The molecule has 162 valence electrons. The summed E-state index contributed by atoms with van der Waals surface area (Å²) in [5, 5.41) is 0. The van der Waals surface area contributed by atoms with Crippen LogP contribution in [0.25, 0.3) is 5.95 Å². The van der Waals surface area contributed by atoms with E-state index in [0.717, 1.165) is 36.2 Å². The number of nitrogens with zero attached hydrogens (tertiary/aromatic N) is 5. The maximum atomic E-state index is 5.51. The number of aromatic nitrogens is 4. The van der Waals surface area contributed by atoms with E-state index in [9.17, 15) is 0 Å². The lowest BCUT2D eigenvalue weighted by atomic mass is 9.89. The average Bonchev–Trinajstić information content (AvgIpc) is 3.53. The van der Waals surface area contributed by atoms with Crippen LogP contribution >= 0.6 is 0 Å². The zero-order valence-corrected chi connectivity index (χ0v) is 18.2. The molecule has 0 radical (unpaired) electrons. The highest BCUT2D eigenvalue weighted by Gasteiger charge is 2.30. The number of aryl methyl sites for hydroxylation is 1. The van der Waals surface area contributed by atoms with Gasteiger partial charge in [-0.3, -0.25) is 4.57 Å². The molecular formula is C24H29N5O2.